The zero-order valence-electron chi connectivity index (χ0n) is 25.2. The Labute approximate surface area is 236 Å². The summed E-state index contributed by atoms with van der Waals surface area (Å²) in [5.41, 5.74) is 0. The standard InChI is InChI=1S/C28H60NO2.C2H6O4S/c1-3-5-7-9-11-13-15-17-19-21-23-29(25-27-30,26-28-31)24-22-20-18-16-14-12-10-8-6-4-2;3-1-2-7(4,5)6/h30-31H,3-28H2,1-2H3;3H,1-2H2,(H,4,5,6)/q+1;/p-1. The van der Waals surface area contributed by atoms with E-state index in [1.165, 1.54) is 128 Å². The number of rotatable bonds is 28. The lowest BCUT2D eigenvalue weighted by molar-refractivity contribution is -0.929. The van der Waals surface area contributed by atoms with Crippen LogP contribution in [-0.4, -0.2) is 84.5 Å². The van der Waals surface area contributed by atoms with Gasteiger partial charge < -0.3 is 24.4 Å². The minimum absolute atomic E-state index is 0.246. The van der Waals surface area contributed by atoms with Gasteiger partial charge in [-0.2, -0.15) is 0 Å². The first-order valence-electron chi connectivity index (χ1n) is 15.9. The molecule has 0 fully saturated rings. The summed E-state index contributed by atoms with van der Waals surface area (Å²) in [5.74, 6) is -0.688. The molecule has 0 spiro atoms. The van der Waals surface area contributed by atoms with Gasteiger partial charge in [-0.05, 0) is 25.7 Å². The molecule has 0 atom stereocenters. The maximum atomic E-state index is 9.65. The quantitative estimate of drug-likeness (QED) is 0.0592. The highest BCUT2D eigenvalue weighted by Gasteiger charge is 2.25. The maximum Gasteiger partial charge on any atom is 0.102 e. The Hall–Kier alpha value is -0.250. The molecular weight excluding hydrogens is 502 g/mol. The van der Waals surface area contributed by atoms with Crippen molar-refractivity contribution in [3.05, 3.63) is 0 Å². The number of hydrogen-bond acceptors (Lipinski definition) is 6. The summed E-state index contributed by atoms with van der Waals surface area (Å²) < 4.78 is 29.5. The summed E-state index contributed by atoms with van der Waals surface area (Å²) in [4.78, 5) is 0. The summed E-state index contributed by atoms with van der Waals surface area (Å²) in [6.45, 7) is 8.36. The van der Waals surface area contributed by atoms with Crippen LogP contribution in [0.5, 0.6) is 0 Å². The van der Waals surface area contributed by atoms with Crippen molar-refractivity contribution in [2.75, 3.05) is 51.8 Å². The van der Waals surface area contributed by atoms with E-state index in [2.05, 4.69) is 13.8 Å². The smallest absolute Gasteiger partial charge is 0.102 e. The van der Waals surface area contributed by atoms with Crippen LogP contribution in [0.3, 0.4) is 0 Å². The van der Waals surface area contributed by atoms with Crippen molar-refractivity contribution in [3.63, 3.8) is 0 Å². The first-order valence-corrected chi connectivity index (χ1v) is 17.5. The highest BCUT2D eigenvalue weighted by Crippen LogP contribution is 2.17. The van der Waals surface area contributed by atoms with Crippen LogP contribution in [0.2, 0.25) is 0 Å². The van der Waals surface area contributed by atoms with E-state index in [-0.39, 0.29) is 13.2 Å². The Morgan fingerprint density at radius 1 is 0.474 bits per heavy atom. The molecule has 0 radical (unpaired) electrons. The second-order valence-electron chi connectivity index (χ2n) is 11.0. The van der Waals surface area contributed by atoms with Crippen LogP contribution in [0.4, 0.5) is 0 Å². The van der Waals surface area contributed by atoms with Crippen LogP contribution in [0, 0.1) is 0 Å². The van der Waals surface area contributed by atoms with Gasteiger partial charge in [-0.1, -0.05) is 117 Å². The lowest BCUT2D eigenvalue weighted by Crippen LogP contribution is -2.52. The van der Waals surface area contributed by atoms with Crippen LogP contribution in [0.25, 0.3) is 0 Å². The molecule has 0 aliphatic rings. The van der Waals surface area contributed by atoms with Crippen LogP contribution < -0.4 is 0 Å². The summed E-state index contributed by atoms with van der Waals surface area (Å²) >= 11 is 0. The third-order valence-corrected chi connectivity index (χ3v) is 8.14. The van der Waals surface area contributed by atoms with Gasteiger partial charge >= 0.3 is 0 Å². The number of aliphatic hydroxyl groups excluding tert-OH is 3. The first-order chi connectivity index (χ1) is 18.3. The largest absolute Gasteiger partial charge is 0.748 e. The van der Waals surface area contributed by atoms with Crippen LogP contribution in [-0.2, 0) is 10.1 Å². The van der Waals surface area contributed by atoms with Crippen molar-refractivity contribution in [2.24, 2.45) is 0 Å². The van der Waals surface area contributed by atoms with Gasteiger partial charge in [0.25, 0.3) is 0 Å². The molecule has 0 bridgehead atoms. The highest BCUT2D eigenvalue weighted by atomic mass is 32.2. The zero-order chi connectivity index (χ0) is 28.8. The van der Waals surface area contributed by atoms with E-state index < -0.39 is 22.5 Å². The van der Waals surface area contributed by atoms with Gasteiger partial charge in [-0.3, -0.25) is 0 Å². The normalized spacial score (nSPS) is 11.9. The fourth-order valence-electron chi connectivity index (χ4n) is 5.08. The molecule has 0 unspecified atom stereocenters. The maximum absolute atomic E-state index is 9.65. The van der Waals surface area contributed by atoms with E-state index in [0.29, 0.717) is 0 Å². The minimum Gasteiger partial charge on any atom is -0.748 e. The van der Waals surface area contributed by atoms with E-state index in [1.807, 2.05) is 0 Å². The molecule has 0 heterocycles. The molecule has 0 aromatic rings. The summed E-state index contributed by atoms with van der Waals surface area (Å²) in [7, 11) is -4.17. The van der Waals surface area contributed by atoms with Gasteiger partial charge in [-0.25, -0.2) is 8.42 Å². The molecule has 0 aromatic carbocycles. The van der Waals surface area contributed by atoms with Crippen molar-refractivity contribution < 1.29 is 32.8 Å². The monoisotopic (exact) mass is 567 g/mol. The lowest BCUT2D eigenvalue weighted by Gasteiger charge is -2.38. The molecule has 7 nitrogen and oxygen atoms in total. The van der Waals surface area contributed by atoms with Gasteiger partial charge in [0.05, 0.1) is 48.8 Å². The van der Waals surface area contributed by atoms with Crippen molar-refractivity contribution >= 4 is 10.1 Å². The van der Waals surface area contributed by atoms with Gasteiger partial charge in [0.1, 0.15) is 13.1 Å². The van der Waals surface area contributed by atoms with E-state index in [9.17, 15) is 23.2 Å². The van der Waals surface area contributed by atoms with Gasteiger partial charge in [0.15, 0.2) is 0 Å². The molecule has 0 aliphatic heterocycles. The number of quaternary nitrogens is 1. The molecule has 0 aromatic heterocycles. The first kappa shape index (κ1) is 39.9. The Morgan fingerprint density at radius 2 is 0.763 bits per heavy atom. The Bertz CT molecular complexity index is 527. The molecule has 0 aliphatic carbocycles. The van der Waals surface area contributed by atoms with Crippen molar-refractivity contribution in [1.29, 1.82) is 0 Å². The Morgan fingerprint density at radius 3 is 0.974 bits per heavy atom. The fraction of sp³-hybridized carbons (Fsp3) is 1.00. The number of hydrogen-bond donors (Lipinski definition) is 3. The van der Waals surface area contributed by atoms with Crippen molar-refractivity contribution in [3.8, 4) is 0 Å². The van der Waals surface area contributed by atoms with Gasteiger partial charge in [0, 0.05) is 0 Å². The van der Waals surface area contributed by atoms with Crippen molar-refractivity contribution in [1.82, 2.24) is 0 Å². The molecule has 232 valence electrons. The average Bonchev–Trinajstić information content (AvgIpc) is 2.86. The molecule has 0 saturated carbocycles. The molecule has 3 N–H and O–H groups in total. The van der Waals surface area contributed by atoms with E-state index >= 15 is 0 Å². The molecule has 8 heteroatoms. The number of aliphatic hydroxyl groups is 3. The van der Waals surface area contributed by atoms with E-state index in [1.54, 1.807) is 0 Å². The Kier molecular flexibility index (Phi) is 31.2. The number of unbranched alkanes of at least 4 members (excludes halogenated alkanes) is 18. The van der Waals surface area contributed by atoms with Gasteiger partial charge in [-0.15, -0.1) is 0 Å². The minimum atomic E-state index is -4.17. The zero-order valence-corrected chi connectivity index (χ0v) is 26.0. The molecule has 0 rings (SSSR count). The summed E-state index contributed by atoms with van der Waals surface area (Å²) in [6.07, 6.45) is 27.3. The topological polar surface area (TPSA) is 118 Å². The Balaban J connectivity index is 0. The van der Waals surface area contributed by atoms with Crippen LogP contribution in [0.15, 0.2) is 0 Å². The fourth-order valence-corrected chi connectivity index (χ4v) is 5.30. The second-order valence-corrected chi connectivity index (χ2v) is 12.6. The molecule has 0 saturated heterocycles. The van der Waals surface area contributed by atoms with E-state index in [4.69, 9.17) is 5.11 Å². The third kappa shape index (κ3) is 30.3. The SMILES string of the molecule is CCCCCCCCCCCC[N+](CCO)(CCO)CCCCCCCCCCCC.O=S(=O)([O-])CCO. The van der Waals surface area contributed by atoms with Crippen LogP contribution >= 0.6 is 0 Å². The van der Waals surface area contributed by atoms with Gasteiger partial charge in [0.2, 0.25) is 0 Å². The second kappa shape index (κ2) is 29.7. The molecular formula is C30H65NO6S. The third-order valence-electron chi connectivity index (χ3n) is 7.46. The number of nitrogens with zero attached hydrogens (tertiary/aromatic N) is 1. The lowest BCUT2D eigenvalue weighted by atomic mass is 10.1. The predicted octanol–water partition coefficient (Wildman–Crippen LogP) is 6.15. The molecule has 0 amide bonds. The highest BCUT2D eigenvalue weighted by molar-refractivity contribution is 7.85. The van der Waals surface area contributed by atoms with E-state index in [0.717, 1.165) is 30.7 Å². The predicted molar refractivity (Wildman–Crippen MR) is 159 cm³/mol. The van der Waals surface area contributed by atoms with Crippen LogP contribution in [0.1, 0.15) is 142 Å². The summed E-state index contributed by atoms with van der Waals surface area (Å²) in [6, 6.07) is 0. The summed E-state index contributed by atoms with van der Waals surface area (Å²) in [5, 5.41) is 27.1. The molecule has 38 heavy (non-hydrogen) atoms. The average molecular weight is 568 g/mol. The van der Waals surface area contributed by atoms with Crippen molar-refractivity contribution in [2.45, 2.75) is 142 Å².